The molecule has 1 aromatic heterocycles. The second-order valence-electron chi connectivity index (χ2n) is 9.92. The van der Waals surface area contributed by atoms with Crippen LogP contribution >= 0.6 is 0 Å². The molecule has 0 aliphatic carbocycles. The number of para-hydroxylation sites is 1. The maximum atomic E-state index is 13.7. The van der Waals surface area contributed by atoms with E-state index in [1.54, 1.807) is 18.7 Å². The Bertz CT molecular complexity index is 1240. The number of aromatic amines is 1. The summed E-state index contributed by atoms with van der Waals surface area (Å²) in [6, 6.07) is 16.4. The molecule has 9 nitrogen and oxygen atoms in total. The van der Waals surface area contributed by atoms with Crippen molar-refractivity contribution in [3.8, 4) is 0 Å². The highest BCUT2D eigenvalue weighted by Gasteiger charge is 2.42. The third kappa shape index (κ3) is 5.36. The summed E-state index contributed by atoms with van der Waals surface area (Å²) in [5, 5.41) is 3.86. The van der Waals surface area contributed by atoms with Crippen molar-refractivity contribution >= 4 is 28.8 Å². The van der Waals surface area contributed by atoms with Crippen LogP contribution in [0.25, 0.3) is 10.9 Å². The van der Waals surface area contributed by atoms with Gasteiger partial charge in [-0.2, -0.15) is 0 Å². The zero-order valence-electron chi connectivity index (χ0n) is 20.6. The Morgan fingerprint density at radius 2 is 1.72 bits per heavy atom. The van der Waals surface area contributed by atoms with Crippen LogP contribution in [0.3, 0.4) is 0 Å². The van der Waals surface area contributed by atoms with Gasteiger partial charge < -0.3 is 31.4 Å². The van der Waals surface area contributed by atoms with Gasteiger partial charge >= 0.3 is 6.09 Å². The topological polar surface area (TPSA) is 144 Å². The largest absolute Gasteiger partial charge is 0.438 e. The maximum absolute atomic E-state index is 13.7. The van der Waals surface area contributed by atoms with Crippen molar-refractivity contribution in [2.45, 2.75) is 50.3 Å². The number of carbonyl (C=O) groups is 3. The minimum absolute atomic E-state index is 0.210. The van der Waals surface area contributed by atoms with Gasteiger partial charge in [-0.25, -0.2) is 4.79 Å². The number of piperidine rings is 1. The van der Waals surface area contributed by atoms with Gasteiger partial charge in [0.25, 0.3) is 0 Å². The smallest absolute Gasteiger partial charge is 0.405 e. The van der Waals surface area contributed by atoms with Crippen molar-refractivity contribution in [2.24, 2.45) is 11.5 Å². The zero-order valence-corrected chi connectivity index (χ0v) is 20.6. The number of aromatic nitrogens is 1. The molecule has 0 saturated carbocycles. The quantitative estimate of drug-likeness (QED) is 0.402. The molecule has 2 aromatic carbocycles. The van der Waals surface area contributed by atoms with E-state index in [0.717, 1.165) is 22.0 Å². The van der Waals surface area contributed by atoms with Crippen molar-refractivity contribution in [1.29, 1.82) is 0 Å². The van der Waals surface area contributed by atoms with E-state index in [4.69, 9.17) is 16.2 Å². The summed E-state index contributed by atoms with van der Waals surface area (Å²) in [7, 11) is 0. The molecule has 190 valence electrons. The summed E-state index contributed by atoms with van der Waals surface area (Å²) in [4.78, 5) is 43.1. The summed E-state index contributed by atoms with van der Waals surface area (Å²) in [5.74, 6) is -0.619. The van der Waals surface area contributed by atoms with Gasteiger partial charge in [-0.3, -0.25) is 9.59 Å². The fourth-order valence-electron chi connectivity index (χ4n) is 4.76. The van der Waals surface area contributed by atoms with Gasteiger partial charge in [0.15, 0.2) is 0 Å². The van der Waals surface area contributed by atoms with Crippen LogP contribution in [-0.4, -0.2) is 52.5 Å². The number of likely N-dealkylation sites (tertiary alicyclic amines) is 1. The Kier molecular flexibility index (Phi) is 7.03. The van der Waals surface area contributed by atoms with E-state index in [0.29, 0.717) is 32.4 Å². The third-order valence-electron chi connectivity index (χ3n) is 6.77. The number of benzene rings is 2. The summed E-state index contributed by atoms with van der Waals surface area (Å²) >= 11 is 0. The molecule has 6 N–H and O–H groups in total. The molecule has 9 heteroatoms. The summed E-state index contributed by atoms with van der Waals surface area (Å²) < 4.78 is 5.61. The molecule has 0 spiro atoms. The molecule has 3 aromatic rings. The van der Waals surface area contributed by atoms with Gasteiger partial charge in [0.1, 0.15) is 11.6 Å². The number of hydrogen-bond donors (Lipinski definition) is 4. The Labute approximate surface area is 210 Å². The first-order valence-electron chi connectivity index (χ1n) is 12.1. The third-order valence-corrected chi connectivity index (χ3v) is 6.77. The second-order valence-corrected chi connectivity index (χ2v) is 9.92. The van der Waals surface area contributed by atoms with Gasteiger partial charge in [0.05, 0.1) is 5.54 Å². The predicted molar refractivity (Wildman–Crippen MR) is 137 cm³/mol. The van der Waals surface area contributed by atoms with Crippen molar-refractivity contribution in [3.05, 3.63) is 71.9 Å². The molecule has 1 aliphatic heterocycles. The lowest BCUT2D eigenvalue weighted by molar-refractivity contribution is -0.141. The highest BCUT2D eigenvalue weighted by Crippen LogP contribution is 2.37. The standard InChI is InChI=1S/C27H33N5O4/c1-26(2,29)24(34)31-22(16-18-17-30-21-11-7-6-10-20(18)21)23(33)32-14-12-27(13-15-32,36-25(28)35)19-8-4-3-5-9-19/h3-11,17,22,30H,12-16,29H2,1-2H3,(H2,28,35)(H,31,34)/t22-/m1/s1. The van der Waals surface area contributed by atoms with E-state index >= 15 is 0 Å². The average molecular weight is 492 g/mol. The van der Waals surface area contributed by atoms with E-state index in [1.807, 2.05) is 60.8 Å². The molecule has 1 aliphatic rings. The molecule has 0 bridgehead atoms. The van der Waals surface area contributed by atoms with Gasteiger partial charge in [-0.15, -0.1) is 0 Å². The van der Waals surface area contributed by atoms with Gasteiger partial charge in [-0.05, 0) is 31.0 Å². The maximum Gasteiger partial charge on any atom is 0.405 e. The normalized spacial score (nSPS) is 16.4. The highest BCUT2D eigenvalue weighted by molar-refractivity contribution is 5.92. The molecule has 1 fully saturated rings. The Hall–Kier alpha value is -3.85. The molecule has 3 amide bonds. The zero-order chi connectivity index (χ0) is 25.9. The fraction of sp³-hybridized carbons (Fsp3) is 0.370. The number of nitrogens with zero attached hydrogens (tertiary/aromatic N) is 1. The lowest BCUT2D eigenvalue weighted by Crippen LogP contribution is -2.58. The Morgan fingerprint density at radius 1 is 1.08 bits per heavy atom. The monoisotopic (exact) mass is 491 g/mol. The van der Waals surface area contributed by atoms with Crippen molar-refractivity contribution < 1.29 is 19.1 Å². The number of fused-ring (bicyclic) bond motifs is 1. The number of amides is 3. The van der Waals surface area contributed by atoms with Crippen molar-refractivity contribution in [1.82, 2.24) is 15.2 Å². The van der Waals surface area contributed by atoms with E-state index in [-0.39, 0.29) is 5.91 Å². The first kappa shape index (κ1) is 25.2. The number of hydrogen-bond acceptors (Lipinski definition) is 5. The van der Waals surface area contributed by atoms with E-state index in [1.165, 1.54) is 0 Å². The van der Waals surface area contributed by atoms with Crippen LogP contribution in [0.4, 0.5) is 4.79 Å². The lowest BCUT2D eigenvalue weighted by Gasteiger charge is -2.42. The Balaban J connectivity index is 1.56. The molecule has 0 unspecified atom stereocenters. The molecule has 4 rings (SSSR count). The number of nitrogens with one attached hydrogen (secondary N) is 2. The van der Waals surface area contributed by atoms with Crippen LogP contribution in [0.1, 0.15) is 37.8 Å². The molecular weight excluding hydrogens is 458 g/mol. The highest BCUT2D eigenvalue weighted by atomic mass is 16.6. The first-order valence-corrected chi connectivity index (χ1v) is 12.1. The van der Waals surface area contributed by atoms with Gasteiger partial charge in [0.2, 0.25) is 11.8 Å². The number of nitrogens with two attached hydrogens (primary N) is 2. The van der Waals surface area contributed by atoms with Crippen LogP contribution in [0.2, 0.25) is 0 Å². The number of primary amides is 1. The minimum Gasteiger partial charge on any atom is -0.438 e. The molecular formula is C27H33N5O4. The van der Waals surface area contributed by atoms with Crippen LogP contribution in [0, 0.1) is 0 Å². The molecule has 1 saturated heterocycles. The minimum atomic E-state index is -1.14. The van der Waals surface area contributed by atoms with Crippen LogP contribution in [0.15, 0.2) is 60.8 Å². The summed E-state index contributed by atoms with van der Waals surface area (Å²) in [6.07, 6.45) is 2.10. The average Bonchev–Trinajstić information content (AvgIpc) is 3.26. The van der Waals surface area contributed by atoms with Crippen molar-refractivity contribution in [2.75, 3.05) is 13.1 Å². The molecule has 36 heavy (non-hydrogen) atoms. The molecule has 1 atom stereocenters. The molecule has 0 radical (unpaired) electrons. The molecule has 2 heterocycles. The first-order chi connectivity index (χ1) is 17.1. The van der Waals surface area contributed by atoms with Gasteiger partial charge in [0, 0.05) is 49.5 Å². The van der Waals surface area contributed by atoms with Gasteiger partial charge in [-0.1, -0.05) is 48.5 Å². The SMILES string of the molecule is CC(C)(N)C(=O)N[C@H](Cc1c[nH]c2ccccc12)C(=O)N1CCC(OC(N)=O)(c2ccccc2)CC1. The number of rotatable bonds is 7. The summed E-state index contributed by atoms with van der Waals surface area (Å²) in [6.45, 7) is 3.89. The predicted octanol–water partition coefficient (Wildman–Crippen LogP) is 2.55. The van der Waals surface area contributed by atoms with E-state index in [9.17, 15) is 14.4 Å². The second kappa shape index (κ2) is 10.0. The lowest BCUT2D eigenvalue weighted by atomic mass is 9.84. The van der Waals surface area contributed by atoms with Crippen LogP contribution < -0.4 is 16.8 Å². The van der Waals surface area contributed by atoms with E-state index < -0.39 is 29.2 Å². The van der Waals surface area contributed by atoms with E-state index in [2.05, 4.69) is 10.3 Å². The van der Waals surface area contributed by atoms with Crippen molar-refractivity contribution in [3.63, 3.8) is 0 Å². The Morgan fingerprint density at radius 3 is 2.36 bits per heavy atom. The van der Waals surface area contributed by atoms with Crippen LogP contribution in [-0.2, 0) is 26.3 Å². The number of ether oxygens (including phenoxy) is 1. The van der Waals surface area contributed by atoms with Crippen LogP contribution in [0.5, 0.6) is 0 Å². The summed E-state index contributed by atoms with van der Waals surface area (Å²) in [5.41, 5.74) is 12.1. The number of H-pyrrole nitrogens is 1. The fourth-order valence-corrected chi connectivity index (χ4v) is 4.76. The number of carbonyl (C=O) groups excluding carboxylic acids is 3.